The number of aliphatic hydroxyl groups is 2. The van der Waals surface area contributed by atoms with Crippen LogP contribution >= 0.6 is 22.9 Å². The first-order chi connectivity index (χ1) is 13.9. The average molecular weight is 439 g/mol. The zero-order valence-corrected chi connectivity index (χ0v) is 17.7. The van der Waals surface area contributed by atoms with E-state index in [-0.39, 0.29) is 23.3 Å². The summed E-state index contributed by atoms with van der Waals surface area (Å²) >= 11 is 8.29. The molecule has 0 radical (unpaired) electrons. The second-order valence-corrected chi connectivity index (χ2v) is 10.0. The van der Waals surface area contributed by atoms with Crippen molar-refractivity contribution in [3.63, 3.8) is 0 Å². The van der Waals surface area contributed by atoms with E-state index < -0.39 is 17.7 Å². The first-order valence-electron chi connectivity index (χ1n) is 10.1. The van der Waals surface area contributed by atoms with Gasteiger partial charge in [-0.05, 0) is 74.3 Å². The third-order valence-electron chi connectivity index (χ3n) is 6.58. The Morgan fingerprint density at radius 1 is 1.17 bits per heavy atom. The number of benzene rings is 1. The summed E-state index contributed by atoms with van der Waals surface area (Å²) in [4.78, 5) is 2.21. The zero-order chi connectivity index (χ0) is 20.6. The molecule has 0 bridgehead atoms. The molecule has 0 amide bonds. The minimum atomic E-state index is -0.595. The highest BCUT2D eigenvalue weighted by Crippen LogP contribution is 2.63. The van der Waals surface area contributed by atoms with Gasteiger partial charge in [0.15, 0.2) is 0 Å². The van der Waals surface area contributed by atoms with E-state index in [0.717, 1.165) is 48.6 Å². The van der Waals surface area contributed by atoms with Crippen molar-refractivity contribution in [2.24, 2.45) is 11.3 Å². The molecule has 1 unspecified atom stereocenters. The second-order valence-electron chi connectivity index (χ2n) is 8.21. The Morgan fingerprint density at radius 2 is 1.90 bits per heavy atom. The number of hydrogen-bond acceptors (Lipinski definition) is 3. The molecule has 2 aliphatic rings. The molecule has 4 rings (SSSR count). The predicted molar refractivity (Wildman–Crippen MR) is 113 cm³/mol. The molecule has 0 saturated heterocycles. The molecular weight excluding hydrogens is 414 g/mol. The van der Waals surface area contributed by atoms with Crippen LogP contribution < -0.4 is 0 Å². The fraction of sp³-hybridized carbons (Fsp3) is 0.478. The van der Waals surface area contributed by atoms with Gasteiger partial charge in [-0.25, -0.2) is 8.78 Å². The Labute approximate surface area is 178 Å². The monoisotopic (exact) mass is 438 g/mol. The summed E-state index contributed by atoms with van der Waals surface area (Å²) in [6.07, 6.45) is 6.32. The first kappa shape index (κ1) is 21.0. The van der Waals surface area contributed by atoms with Gasteiger partial charge in [0.25, 0.3) is 0 Å². The molecule has 1 aromatic carbocycles. The van der Waals surface area contributed by atoms with Gasteiger partial charge in [0.2, 0.25) is 0 Å². The molecular formula is C23H25ClF2O2S. The Morgan fingerprint density at radius 3 is 2.52 bits per heavy atom. The van der Waals surface area contributed by atoms with Crippen molar-refractivity contribution >= 4 is 29.0 Å². The molecule has 2 N–H and O–H groups in total. The van der Waals surface area contributed by atoms with Crippen molar-refractivity contribution in [2.75, 3.05) is 0 Å². The molecule has 2 aromatic rings. The summed E-state index contributed by atoms with van der Waals surface area (Å²) < 4.78 is 27.2. The van der Waals surface area contributed by atoms with Crippen LogP contribution in [-0.2, 0) is 13.0 Å². The third kappa shape index (κ3) is 4.02. The van der Waals surface area contributed by atoms with E-state index in [0.29, 0.717) is 12.0 Å². The van der Waals surface area contributed by atoms with Gasteiger partial charge in [-0.3, -0.25) is 0 Å². The van der Waals surface area contributed by atoms with Crippen molar-refractivity contribution in [1.29, 1.82) is 0 Å². The standard InChI is InChI=1S/C23H25ClF2O2S/c24-21-12-22(28)23(20(21)3-1-2-18-4-5-19(13-27)29-18)7-6-15(23)8-14-9-16(25)11-17(26)10-14/h4-5,8-11,20-22,27-28H,1-3,6-7,12-13H2/b15-8-/t20-,21+,22+,23?/m0/s1. The molecule has 1 spiro atoms. The van der Waals surface area contributed by atoms with Gasteiger partial charge in [-0.15, -0.1) is 22.9 Å². The van der Waals surface area contributed by atoms with E-state index in [1.165, 1.54) is 17.0 Å². The fourth-order valence-electron chi connectivity index (χ4n) is 5.16. The summed E-state index contributed by atoms with van der Waals surface area (Å²) in [6, 6.07) is 7.53. The van der Waals surface area contributed by atoms with E-state index >= 15 is 0 Å². The van der Waals surface area contributed by atoms with Gasteiger partial charge in [-0.1, -0.05) is 11.6 Å². The average Bonchev–Trinajstić information content (AvgIpc) is 3.21. The molecule has 29 heavy (non-hydrogen) atoms. The third-order valence-corrected chi connectivity index (χ3v) is 8.20. The van der Waals surface area contributed by atoms with Crippen molar-refractivity contribution in [2.45, 2.75) is 56.6 Å². The largest absolute Gasteiger partial charge is 0.392 e. The summed E-state index contributed by atoms with van der Waals surface area (Å²) in [6.45, 7) is 0.0706. The van der Waals surface area contributed by atoms with Gasteiger partial charge in [0.1, 0.15) is 11.6 Å². The lowest BCUT2D eigenvalue weighted by molar-refractivity contribution is 0.0119. The maximum Gasteiger partial charge on any atom is 0.126 e. The number of aliphatic hydroxyl groups excluding tert-OH is 2. The Kier molecular flexibility index (Phi) is 6.12. The number of aryl methyl sites for hydroxylation is 1. The maximum atomic E-state index is 13.6. The van der Waals surface area contributed by atoms with Crippen molar-refractivity contribution in [1.82, 2.24) is 0 Å². The highest BCUT2D eigenvalue weighted by Gasteiger charge is 2.59. The van der Waals surface area contributed by atoms with Crippen LogP contribution in [0.5, 0.6) is 0 Å². The van der Waals surface area contributed by atoms with Crippen LogP contribution in [0, 0.1) is 23.0 Å². The maximum absolute atomic E-state index is 13.6. The molecule has 2 aliphatic carbocycles. The van der Waals surface area contributed by atoms with Crippen LogP contribution in [0.1, 0.15) is 47.4 Å². The van der Waals surface area contributed by atoms with E-state index in [4.69, 9.17) is 11.6 Å². The number of alkyl halides is 1. The topological polar surface area (TPSA) is 40.5 Å². The van der Waals surface area contributed by atoms with Crippen LogP contribution in [0.15, 0.2) is 35.9 Å². The van der Waals surface area contributed by atoms with Crippen LogP contribution in [0.4, 0.5) is 8.78 Å². The molecule has 0 aliphatic heterocycles. The molecule has 156 valence electrons. The molecule has 2 fully saturated rings. The highest BCUT2D eigenvalue weighted by molar-refractivity contribution is 7.11. The minimum absolute atomic E-state index is 0.0706. The molecule has 1 aromatic heterocycles. The fourth-order valence-corrected chi connectivity index (χ4v) is 6.60. The predicted octanol–water partition coefficient (Wildman–Crippen LogP) is 5.69. The normalized spacial score (nSPS) is 30.2. The molecule has 2 nitrogen and oxygen atoms in total. The van der Waals surface area contributed by atoms with Gasteiger partial charge < -0.3 is 10.2 Å². The minimum Gasteiger partial charge on any atom is -0.392 e. The Balaban J connectivity index is 1.51. The lowest BCUT2D eigenvalue weighted by Gasteiger charge is -2.49. The quantitative estimate of drug-likeness (QED) is 0.568. The summed E-state index contributed by atoms with van der Waals surface area (Å²) in [5, 5.41) is 20.0. The zero-order valence-electron chi connectivity index (χ0n) is 16.1. The molecule has 4 atom stereocenters. The summed E-state index contributed by atoms with van der Waals surface area (Å²) in [7, 11) is 0. The van der Waals surface area contributed by atoms with Crippen molar-refractivity contribution < 1.29 is 19.0 Å². The summed E-state index contributed by atoms with van der Waals surface area (Å²) in [5.74, 6) is -1.04. The van der Waals surface area contributed by atoms with Crippen LogP contribution in [0.3, 0.4) is 0 Å². The van der Waals surface area contributed by atoms with Gasteiger partial charge in [-0.2, -0.15) is 0 Å². The number of halogens is 3. The number of thiophene rings is 1. The molecule has 2 saturated carbocycles. The van der Waals surface area contributed by atoms with E-state index in [1.54, 1.807) is 11.3 Å². The molecule has 6 heteroatoms. The van der Waals surface area contributed by atoms with Gasteiger partial charge in [0, 0.05) is 26.6 Å². The van der Waals surface area contributed by atoms with Gasteiger partial charge >= 0.3 is 0 Å². The van der Waals surface area contributed by atoms with Gasteiger partial charge in [0.05, 0.1) is 12.7 Å². The van der Waals surface area contributed by atoms with E-state index in [9.17, 15) is 19.0 Å². The summed E-state index contributed by atoms with van der Waals surface area (Å²) in [5.41, 5.74) is 1.18. The van der Waals surface area contributed by atoms with Crippen LogP contribution in [0.2, 0.25) is 0 Å². The molecule has 1 heterocycles. The lowest BCUT2D eigenvalue weighted by atomic mass is 9.56. The number of rotatable bonds is 6. The second kappa shape index (κ2) is 8.46. The van der Waals surface area contributed by atoms with Crippen molar-refractivity contribution in [3.05, 3.63) is 62.9 Å². The van der Waals surface area contributed by atoms with E-state index in [1.807, 2.05) is 12.1 Å². The highest BCUT2D eigenvalue weighted by atomic mass is 35.5. The Hall–Kier alpha value is -1.27. The van der Waals surface area contributed by atoms with Crippen LogP contribution in [-0.4, -0.2) is 21.7 Å². The van der Waals surface area contributed by atoms with Crippen LogP contribution in [0.25, 0.3) is 6.08 Å². The number of hydrogen-bond donors (Lipinski definition) is 2. The smallest absolute Gasteiger partial charge is 0.126 e. The Bertz CT molecular complexity index is 892. The lowest BCUT2D eigenvalue weighted by Crippen LogP contribution is -2.45. The van der Waals surface area contributed by atoms with E-state index in [2.05, 4.69) is 6.07 Å². The SMILES string of the molecule is OCc1ccc(CCC[C@H]2[C@H](Cl)C[C@@H](O)C23CC/C3=C/c2cc(F)cc(F)c2)s1. The van der Waals surface area contributed by atoms with Crippen molar-refractivity contribution in [3.8, 4) is 0 Å². The first-order valence-corrected chi connectivity index (χ1v) is 11.4.